The molecule has 2 aromatic heterocycles. The molecule has 10 heteroatoms. The predicted octanol–water partition coefficient (Wildman–Crippen LogP) is 2.35. The molecular formula is C23H24N6O4. The highest BCUT2D eigenvalue weighted by Gasteiger charge is 2.17. The summed E-state index contributed by atoms with van der Waals surface area (Å²) < 4.78 is 14.1. The Kier molecular flexibility index (Phi) is 6.53. The number of aromatic amines is 1. The molecule has 2 N–H and O–H groups in total. The number of nitrogens with zero attached hydrogens (tertiary/aromatic N) is 4. The summed E-state index contributed by atoms with van der Waals surface area (Å²) in [6.07, 6.45) is 1.63. The van der Waals surface area contributed by atoms with E-state index in [0.29, 0.717) is 24.8 Å². The van der Waals surface area contributed by atoms with Crippen molar-refractivity contribution in [3.8, 4) is 11.5 Å². The molecule has 0 aliphatic rings. The molecule has 0 unspecified atom stereocenters. The fourth-order valence-corrected chi connectivity index (χ4v) is 3.29. The first kappa shape index (κ1) is 21.9. The molecule has 0 saturated heterocycles. The number of aryl methyl sites for hydroxylation is 1. The lowest BCUT2D eigenvalue weighted by atomic mass is 10.2. The Bertz CT molecular complexity index is 1370. The second kappa shape index (κ2) is 9.86. The number of aromatic nitrogens is 4. The number of H-pyrrole nitrogens is 1. The second-order valence-corrected chi connectivity index (χ2v) is 7.11. The number of anilines is 1. The Morgan fingerprint density at radius 3 is 2.52 bits per heavy atom. The molecule has 0 bridgehead atoms. The second-order valence-electron chi connectivity index (χ2n) is 7.11. The van der Waals surface area contributed by atoms with Gasteiger partial charge < -0.3 is 9.47 Å². The van der Waals surface area contributed by atoms with Gasteiger partial charge in [0.1, 0.15) is 18.1 Å². The Balaban J connectivity index is 1.59. The third-order valence-electron chi connectivity index (χ3n) is 4.90. The lowest BCUT2D eigenvalue weighted by Crippen LogP contribution is -2.29. The topological polar surface area (TPSA) is 116 Å². The molecule has 33 heavy (non-hydrogen) atoms. The van der Waals surface area contributed by atoms with Crippen LogP contribution in [0.15, 0.2) is 69.3 Å². The van der Waals surface area contributed by atoms with E-state index < -0.39 is 11.2 Å². The summed E-state index contributed by atoms with van der Waals surface area (Å²) in [5.41, 5.74) is 3.18. The number of nitrogens with one attached hydrogen (secondary N) is 2. The Morgan fingerprint density at radius 1 is 1.06 bits per heavy atom. The molecule has 0 fully saturated rings. The van der Waals surface area contributed by atoms with E-state index in [9.17, 15) is 9.59 Å². The molecule has 0 amide bonds. The smallest absolute Gasteiger partial charge is 0.329 e. The number of benzene rings is 2. The first-order valence-corrected chi connectivity index (χ1v) is 10.5. The summed E-state index contributed by atoms with van der Waals surface area (Å²) in [6, 6.07) is 16.8. The van der Waals surface area contributed by atoms with Gasteiger partial charge in [0.2, 0.25) is 5.95 Å². The third kappa shape index (κ3) is 4.95. The molecule has 0 aliphatic carbocycles. The lowest BCUT2D eigenvalue weighted by molar-refractivity contribution is 0.301. The Morgan fingerprint density at radius 2 is 1.79 bits per heavy atom. The summed E-state index contributed by atoms with van der Waals surface area (Å²) in [7, 11) is 1.55. The minimum atomic E-state index is -0.540. The van der Waals surface area contributed by atoms with Crippen LogP contribution >= 0.6 is 0 Å². The van der Waals surface area contributed by atoms with Crippen molar-refractivity contribution < 1.29 is 9.47 Å². The van der Waals surface area contributed by atoms with Gasteiger partial charge >= 0.3 is 5.69 Å². The van der Waals surface area contributed by atoms with Gasteiger partial charge in [-0.3, -0.25) is 18.9 Å². The van der Waals surface area contributed by atoms with Crippen LogP contribution in [0, 0.1) is 0 Å². The Labute approximate surface area is 189 Å². The summed E-state index contributed by atoms with van der Waals surface area (Å²) in [5, 5.41) is 4.25. The van der Waals surface area contributed by atoms with Gasteiger partial charge in [0.05, 0.1) is 19.4 Å². The molecule has 2 aromatic carbocycles. The standard InChI is InChI=1S/C23H24N6O4/c1-3-32-18-11-9-16(10-12-18)15-24-27-22-25-20-19(21(30)26-23(31)28(20)2)29(22)13-14-33-17-7-5-4-6-8-17/h4-12,15H,3,13-14H2,1-2H3,(H,25,27)(H,26,30,31)/b24-15-. The zero-order valence-electron chi connectivity index (χ0n) is 18.3. The first-order valence-electron chi connectivity index (χ1n) is 10.5. The number of fused-ring (bicyclic) bond motifs is 1. The van der Waals surface area contributed by atoms with Crippen LogP contribution in [0.2, 0.25) is 0 Å². The summed E-state index contributed by atoms with van der Waals surface area (Å²) >= 11 is 0. The predicted molar refractivity (Wildman–Crippen MR) is 126 cm³/mol. The van der Waals surface area contributed by atoms with Crippen LogP contribution in [0.4, 0.5) is 5.95 Å². The maximum Gasteiger partial charge on any atom is 0.329 e. The van der Waals surface area contributed by atoms with Gasteiger partial charge in [-0.05, 0) is 48.9 Å². The SMILES string of the molecule is CCOc1ccc(/C=N\Nc2nc3c(c(=O)[nH]c(=O)n3C)n2CCOc2ccccc2)cc1. The molecule has 4 rings (SSSR count). The van der Waals surface area contributed by atoms with E-state index >= 15 is 0 Å². The number of rotatable bonds is 9. The van der Waals surface area contributed by atoms with E-state index in [2.05, 4.69) is 20.5 Å². The third-order valence-corrected chi connectivity index (χ3v) is 4.90. The van der Waals surface area contributed by atoms with Gasteiger partial charge in [0.25, 0.3) is 5.56 Å². The van der Waals surface area contributed by atoms with Crippen LogP contribution in [0.25, 0.3) is 11.2 Å². The summed E-state index contributed by atoms with van der Waals surface area (Å²) in [6.45, 7) is 3.13. The van der Waals surface area contributed by atoms with Crippen molar-refractivity contribution in [3.05, 3.63) is 81.0 Å². The highest BCUT2D eigenvalue weighted by Crippen LogP contribution is 2.16. The van der Waals surface area contributed by atoms with E-state index in [1.807, 2.05) is 61.5 Å². The van der Waals surface area contributed by atoms with E-state index in [4.69, 9.17) is 9.47 Å². The first-order chi connectivity index (χ1) is 16.1. The fourth-order valence-electron chi connectivity index (χ4n) is 3.29. The van der Waals surface area contributed by atoms with Gasteiger partial charge in [-0.25, -0.2) is 10.2 Å². The minimum absolute atomic E-state index is 0.252. The number of hydrogen-bond acceptors (Lipinski definition) is 7. The van der Waals surface area contributed by atoms with Gasteiger partial charge in [0, 0.05) is 7.05 Å². The molecule has 0 aliphatic heterocycles. The summed E-state index contributed by atoms with van der Waals surface area (Å²) in [4.78, 5) is 31.3. The van der Waals surface area contributed by atoms with Crippen LogP contribution in [0.5, 0.6) is 11.5 Å². The van der Waals surface area contributed by atoms with E-state index in [-0.39, 0.29) is 17.8 Å². The molecule has 0 saturated carbocycles. The number of para-hydroxylation sites is 1. The molecule has 170 valence electrons. The largest absolute Gasteiger partial charge is 0.494 e. The summed E-state index contributed by atoms with van der Waals surface area (Å²) in [5.74, 6) is 1.81. The van der Waals surface area contributed by atoms with Gasteiger partial charge in [-0.1, -0.05) is 18.2 Å². The van der Waals surface area contributed by atoms with E-state index in [1.54, 1.807) is 17.8 Å². The normalized spacial score (nSPS) is 11.2. The number of hydrogen-bond donors (Lipinski definition) is 2. The highest BCUT2D eigenvalue weighted by molar-refractivity contribution is 5.80. The zero-order chi connectivity index (χ0) is 23.2. The zero-order valence-corrected chi connectivity index (χ0v) is 18.3. The van der Waals surface area contributed by atoms with Crippen LogP contribution in [0.1, 0.15) is 12.5 Å². The fraction of sp³-hybridized carbons (Fsp3) is 0.217. The van der Waals surface area contributed by atoms with Gasteiger partial charge in [-0.2, -0.15) is 10.1 Å². The van der Waals surface area contributed by atoms with Crippen molar-refractivity contribution in [3.63, 3.8) is 0 Å². The van der Waals surface area contributed by atoms with Crippen LogP contribution in [-0.2, 0) is 13.6 Å². The molecule has 0 spiro atoms. The maximum atomic E-state index is 12.6. The van der Waals surface area contributed by atoms with Crippen molar-refractivity contribution in [2.24, 2.45) is 12.1 Å². The lowest BCUT2D eigenvalue weighted by Gasteiger charge is -2.10. The molecule has 0 atom stereocenters. The quantitative estimate of drug-likeness (QED) is 0.300. The molecule has 0 radical (unpaired) electrons. The maximum absolute atomic E-state index is 12.6. The molecule has 2 heterocycles. The van der Waals surface area contributed by atoms with Crippen LogP contribution < -0.4 is 26.1 Å². The molecule has 10 nitrogen and oxygen atoms in total. The number of hydrazone groups is 1. The molecular weight excluding hydrogens is 424 g/mol. The van der Waals surface area contributed by atoms with Crippen molar-refractivity contribution in [2.75, 3.05) is 18.6 Å². The monoisotopic (exact) mass is 448 g/mol. The average molecular weight is 448 g/mol. The van der Waals surface area contributed by atoms with Crippen molar-refractivity contribution in [1.82, 2.24) is 19.1 Å². The van der Waals surface area contributed by atoms with Gasteiger partial charge in [0.15, 0.2) is 11.2 Å². The van der Waals surface area contributed by atoms with Crippen molar-refractivity contribution in [1.29, 1.82) is 0 Å². The average Bonchev–Trinajstić information content (AvgIpc) is 3.19. The van der Waals surface area contributed by atoms with Crippen molar-refractivity contribution >= 4 is 23.3 Å². The number of ether oxygens (including phenoxy) is 2. The van der Waals surface area contributed by atoms with Crippen molar-refractivity contribution in [2.45, 2.75) is 13.5 Å². The Hall–Kier alpha value is -4.34. The van der Waals surface area contributed by atoms with E-state index in [1.165, 1.54) is 4.57 Å². The minimum Gasteiger partial charge on any atom is -0.494 e. The molecule has 4 aromatic rings. The van der Waals surface area contributed by atoms with E-state index in [0.717, 1.165) is 11.3 Å². The van der Waals surface area contributed by atoms with Gasteiger partial charge in [-0.15, -0.1) is 0 Å². The highest BCUT2D eigenvalue weighted by atomic mass is 16.5. The number of imidazole rings is 1. The van der Waals surface area contributed by atoms with Crippen LogP contribution in [-0.4, -0.2) is 38.5 Å². The van der Waals surface area contributed by atoms with Crippen LogP contribution in [0.3, 0.4) is 0 Å².